The van der Waals surface area contributed by atoms with Crippen molar-refractivity contribution in [1.29, 1.82) is 0 Å². The Morgan fingerprint density at radius 1 is 1.08 bits per heavy atom. The van der Waals surface area contributed by atoms with Crippen molar-refractivity contribution in [3.8, 4) is 16.8 Å². The van der Waals surface area contributed by atoms with Crippen molar-refractivity contribution in [2.24, 2.45) is 0 Å². The van der Waals surface area contributed by atoms with Crippen LogP contribution in [0.3, 0.4) is 0 Å². The highest BCUT2D eigenvalue weighted by atomic mass is 19.4. The van der Waals surface area contributed by atoms with E-state index < -0.39 is 23.1 Å². The van der Waals surface area contributed by atoms with Crippen molar-refractivity contribution < 1.29 is 17.6 Å². The maximum Gasteiger partial charge on any atom is 0.416 e. The molecule has 0 fully saturated rings. The fourth-order valence-electron chi connectivity index (χ4n) is 2.54. The molecule has 26 heavy (non-hydrogen) atoms. The quantitative estimate of drug-likeness (QED) is 0.713. The van der Waals surface area contributed by atoms with Crippen LogP contribution in [0.4, 0.5) is 23.2 Å². The first kappa shape index (κ1) is 17.7. The molecular formula is C18H13F4N3O. The first-order valence-electron chi connectivity index (χ1n) is 7.55. The molecule has 1 heterocycles. The lowest BCUT2D eigenvalue weighted by atomic mass is 10.0. The summed E-state index contributed by atoms with van der Waals surface area (Å²) < 4.78 is 53.1. The summed E-state index contributed by atoms with van der Waals surface area (Å²) in [6, 6.07) is 9.55. The molecule has 0 saturated heterocycles. The Bertz CT molecular complexity index is 995. The molecule has 1 N–H and O–H groups in total. The molecule has 0 amide bonds. The first-order chi connectivity index (χ1) is 12.3. The van der Waals surface area contributed by atoms with Crippen LogP contribution in [0.25, 0.3) is 16.8 Å². The minimum atomic E-state index is -4.53. The number of nitrogens with zero attached hydrogens (tertiary/aromatic N) is 2. The molecule has 8 heteroatoms. The van der Waals surface area contributed by atoms with E-state index in [2.05, 4.69) is 10.4 Å². The van der Waals surface area contributed by atoms with Gasteiger partial charge in [-0.15, -0.1) is 0 Å². The summed E-state index contributed by atoms with van der Waals surface area (Å²) in [6.07, 6.45) is -3.20. The van der Waals surface area contributed by atoms with E-state index in [0.29, 0.717) is 5.69 Å². The van der Waals surface area contributed by atoms with Gasteiger partial charge in [-0.1, -0.05) is 12.1 Å². The summed E-state index contributed by atoms with van der Waals surface area (Å²) in [6.45, 7) is 0. The smallest absolute Gasteiger partial charge is 0.386 e. The monoisotopic (exact) mass is 363 g/mol. The topological polar surface area (TPSA) is 46.9 Å². The van der Waals surface area contributed by atoms with Crippen LogP contribution in [-0.4, -0.2) is 16.8 Å². The molecule has 0 atom stereocenters. The average molecular weight is 363 g/mol. The summed E-state index contributed by atoms with van der Waals surface area (Å²) in [5, 5.41) is 6.77. The molecule has 0 spiro atoms. The fraction of sp³-hybridized carbons (Fsp3) is 0.111. The zero-order valence-corrected chi connectivity index (χ0v) is 13.5. The van der Waals surface area contributed by atoms with Crippen LogP contribution in [0.2, 0.25) is 0 Å². The van der Waals surface area contributed by atoms with E-state index in [0.717, 1.165) is 16.8 Å². The van der Waals surface area contributed by atoms with Crippen molar-refractivity contribution in [3.63, 3.8) is 0 Å². The summed E-state index contributed by atoms with van der Waals surface area (Å²) in [5.74, 6) is -0.480. The molecule has 0 aliphatic carbocycles. The molecule has 3 rings (SSSR count). The second-order valence-electron chi connectivity index (χ2n) is 5.46. The molecule has 0 aliphatic rings. The third-order valence-electron chi connectivity index (χ3n) is 3.80. The first-order valence-corrected chi connectivity index (χ1v) is 7.55. The predicted molar refractivity (Wildman–Crippen MR) is 89.8 cm³/mol. The molecular weight excluding hydrogens is 350 g/mol. The van der Waals surface area contributed by atoms with Gasteiger partial charge in [0.25, 0.3) is 5.56 Å². The number of hydrogen-bond donors (Lipinski definition) is 1. The third-order valence-corrected chi connectivity index (χ3v) is 3.80. The second kappa shape index (κ2) is 6.62. The maximum absolute atomic E-state index is 13.1. The second-order valence-corrected chi connectivity index (χ2v) is 5.46. The maximum atomic E-state index is 13.1. The Morgan fingerprint density at radius 2 is 1.77 bits per heavy atom. The number of halogens is 4. The standard InChI is InChI=1S/C18H13F4N3O/c1-23-15-10-24-25(14-7-5-13(19)6-8-14)17(26)16(15)11-3-2-4-12(9-11)18(20,21)22/h2-10,23H,1H3. The number of benzene rings is 2. The lowest BCUT2D eigenvalue weighted by molar-refractivity contribution is -0.137. The lowest BCUT2D eigenvalue weighted by Crippen LogP contribution is -2.24. The van der Waals surface area contributed by atoms with Crippen LogP contribution in [0, 0.1) is 5.82 Å². The molecule has 0 aliphatic heterocycles. The van der Waals surface area contributed by atoms with Gasteiger partial charge in [0.05, 0.1) is 28.7 Å². The largest absolute Gasteiger partial charge is 0.416 e. The molecule has 0 radical (unpaired) electrons. The van der Waals surface area contributed by atoms with E-state index in [9.17, 15) is 22.4 Å². The van der Waals surface area contributed by atoms with E-state index in [-0.39, 0.29) is 16.8 Å². The van der Waals surface area contributed by atoms with E-state index >= 15 is 0 Å². The molecule has 3 aromatic rings. The SMILES string of the molecule is CNc1cnn(-c2ccc(F)cc2)c(=O)c1-c1cccc(C(F)(F)F)c1. The van der Waals surface area contributed by atoms with Gasteiger partial charge in [0, 0.05) is 7.05 Å². The van der Waals surface area contributed by atoms with Crippen LogP contribution >= 0.6 is 0 Å². The van der Waals surface area contributed by atoms with Crippen LogP contribution in [-0.2, 0) is 6.18 Å². The number of aromatic nitrogens is 2. The molecule has 1 aromatic heterocycles. The van der Waals surface area contributed by atoms with Crippen molar-refractivity contribution in [2.45, 2.75) is 6.18 Å². The number of alkyl halides is 3. The zero-order chi connectivity index (χ0) is 18.9. The van der Waals surface area contributed by atoms with Crippen molar-refractivity contribution in [2.75, 3.05) is 12.4 Å². The van der Waals surface area contributed by atoms with Gasteiger partial charge < -0.3 is 5.32 Å². The van der Waals surface area contributed by atoms with Crippen LogP contribution in [0.15, 0.2) is 59.5 Å². The summed E-state index contributed by atoms with van der Waals surface area (Å²) in [5.41, 5.74) is -0.755. The average Bonchev–Trinajstić information content (AvgIpc) is 2.61. The Morgan fingerprint density at radius 3 is 2.38 bits per heavy atom. The third kappa shape index (κ3) is 3.30. The van der Waals surface area contributed by atoms with E-state index in [1.165, 1.54) is 49.6 Å². The Balaban J connectivity index is 2.22. The van der Waals surface area contributed by atoms with Crippen molar-refractivity contribution >= 4 is 5.69 Å². The van der Waals surface area contributed by atoms with E-state index in [1.54, 1.807) is 0 Å². The van der Waals surface area contributed by atoms with Gasteiger partial charge >= 0.3 is 6.18 Å². The highest BCUT2D eigenvalue weighted by Crippen LogP contribution is 2.33. The summed E-state index contributed by atoms with van der Waals surface area (Å²) in [4.78, 5) is 12.9. The zero-order valence-electron chi connectivity index (χ0n) is 13.5. The number of anilines is 1. The van der Waals surface area contributed by atoms with Crippen LogP contribution < -0.4 is 10.9 Å². The van der Waals surface area contributed by atoms with Gasteiger partial charge in [0.1, 0.15) is 5.82 Å². The van der Waals surface area contributed by atoms with Gasteiger partial charge in [-0.3, -0.25) is 4.79 Å². The normalized spacial score (nSPS) is 11.4. The van der Waals surface area contributed by atoms with Crippen LogP contribution in [0.5, 0.6) is 0 Å². The lowest BCUT2D eigenvalue weighted by Gasteiger charge is -2.13. The van der Waals surface area contributed by atoms with Crippen molar-refractivity contribution in [1.82, 2.24) is 9.78 Å². The molecule has 0 unspecified atom stereocenters. The molecule has 4 nitrogen and oxygen atoms in total. The van der Waals surface area contributed by atoms with E-state index in [4.69, 9.17) is 0 Å². The van der Waals surface area contributed by atoms with Gasteiger partial charge in [-0.2, -0.15) is 23.0 Å². The Hall–Kier alpha value is -3.16. The highest BCUT2D eigenvalue weighted by molar-refractivity contribution is 5.77. The van der Waals surface area contributed by atoms with Gasteiger partial charge in [0.15, 0.2) is 0 Å². The number of hydrogen-bond acceptors (Lipinski definition) is 3. The fourth-order valence-corrected chi connectivity index (χ4v) is 2.54. The number of rotatable bonds is 3. The summed E-state index contributed by atoms with van der Waals surface area (Å²) >= 11 is 0. The molecule has 0 bridgehead atoms. The Labute approximate surface area is 145 Å². The predicted octanol–water partition coefficient (Wildman–Crippen LogP) is 4.10. The van der Waals surface area contributed by atoms with Crippen molar-refractivity contribution in [3.05, 3.63) is 76.5 Å². The van der Waals surface area contributed by atoms with E-state index in [1.807, 2.05) is 0 Å². The molecule has 134 valence electrons. The number of nitrogens with one attached hydrogen (secondary N) is 1. The minimum absolute atomic E-state index is 0.0397. The molecule has 0 saturated carbocycles. The van der Waals surface area contributed by atoms with Gasteiger partial charge in [-0.25, -0.2) is 4.39 Å². The summed E-state index contributed by atoms with van der Waals surface area (Å²) in [7, 11) is 1.54. The highest BCUT2D eigenvalue weighted by Gasteiger charge is 2.31. The minimum Gasteiger partial charge on any atom is -0.386 e. The van der Waals surface area contributed by atoms with Gasteiger partial charge in [-0.05, 0) is 42.0 Å². The Kier molecular flexibility index (Phi) is 4.50. The van der Waals surface area contributed by atoms with Gasteiger partial charge in [0.2, 0.25) is 0 Å². The van der Waals surface area contributed by atoms with Crippen LogP contribution in [0.1, 0.15) is 5.56 Å². The molecule has 2 aromatic carbocycles.